The average molecular weight is 1230 g/mol. The Morgan fingerprint density at radius 2 is 0.743 bits per heavy atom. The Labute approximate surface area is 465 Å². The molecule has 3 atom stereocenters. The monoisotopic (exact) mass is 1220 g/mol. The van der Waals surface area contributed by atoms with Crippen LogP contribution < -0.4 is 26.6 Å². The van der Waals surface area contributed by atoms with Gasteiger partial charge in [0.2, 0.25) is 29.5 Å². The maximum absolute atomic E-state index is 14.3. The molecule has 438 valence electrons. The van der Waals surface area contributed by atoms with Gasteiger partial charge in [-0.2, -0.15) is 0 Å². The predicted molar refractivity (Wildman–Crippen MR) is 308 cm³/mol. The molecule has 74 heavy (non-hydrogen) atoms. The van der Waals surface area contributed by atoms with Crippen molar-refractivity contribution in [2.75, 3.05) is 145 Å². The lowest BCUT2D eigenvalue weighted by molar-refractivity contribution is -0.142. The molecule has 0 rings (SSSR count). The van der Waals surface area contributed by atoms with Gasteiger partial charge in [-0.05, 0) is 147 Å². The lowest BCUT2D eigenvalue weighted by Gasteiger charge is -2.43. The van der Waals surface area contributed by atoms with Gasteiger partial charge in [-0.3, -0.25) is 24.0 Å². The summed E-state index contributed by atoms with van der Waals surface area (Å²) >= 11 is 6.95. The van der Waals surface area contributed by atoms with Gasteiger partial charge in [0.15, 0.2) is 19.7 Å². The fourth-order valence-electron chi connectivity index (χ4n) is 8.30. The average Bonchev–Trinajstić information content (AvgIpc) is 3.27. The second kappa shape index (κ2) is 37.0. The van der Waals surface area contributed by atoms with Crippen LogP contribution in [0.2, 0.25) is 0 Å². The minimum atomic E-state index is -3.18. The number of hydrogen-bond donors (Lipinski definition) is 5. The molecule has 0 aromatic heterocycles. The second-order valence-electron chi connectivity index (χ2n) is 22.4. The number of sulfone groups is 2. The maximum atomic E-state index is 14.3. The number of methoxy groups -OCH3 is 2. The van der Waals surface area contributed by atoms with E-state index < -0.39 is 44.6 Å². The van der Waals surface area contributed by atoms with Gasteiger partial charge in [0.05, 0.1) is 40.5 Å². The standard InChI is InChI=1S/C39H78BrN7O7S.C12H24BrNO4S/c1-36(2,32(48)41-19-14-13-15-27-55(52,53)28-26-54-12)29-37(3,33(49)42-20-16-23-45(6)7)30-38(4,34(50)43-21-17-24-46(8)9)31-39(5,40)35(51)44-22-18-25-47(10)11;1-12(2,13)11(15)14-7-5-4-6-9-19(16,17)10-8-18-3/h13-31H2,1-12H3,(H,41,48)(H,42,49)(H,43,50)(H,44,51);4-10H2,1-3H3,(H,14,15). The highest BCUT2D eigenvalue weighted by molar-refractivity contribution is 9.10. The lowest BCUT2D eigenvalue weighted by atomic mass is 9.63. The van der Waals surface area contributed by atoms with Crippen LogP contribution in [0.15, 0.2) is 0 Å². The molecule has 0 bridgehead atoms. The maximum Gasteiger partial charge on any atom is 0.236 e. The van der Waals surface area contributed by atoms with E-state index in [-0.39, 0.29) is 85.0 Å². The van der Waals surface area contributed by atoms with Gasteiger partial charge in [-0.15, -0.1) is 0 Å². The van der Waals surface area contributed by atoms with Crippen molar-refractivity contribution >= 4 is 81.1 Å². The molecule has 0 aromatic carbocycles. The number of amides is 5. The molecular weight excluding hydrogens is 1120 g/mol. The van der Waals surface area contributed by atoms with E-state index in [1.807, 2.05) is 70.8 Å². The lowest BCUT2D eigenvalue weighted by Crippen LogP contribution is -2.53. The van der Waals surface area contributed by atoms with Crippen LogP contribution in [0, 0.1) is 16.2 Å². The number of halogens is 2. The van der Waals surface area contributed by atoms with Crippen LogP contribution in [0.25, 0.3) is 0 Å². The number of nitrogens with one attached hydrogen (secondary N) is 5. The van der Waals surface area contributed by atoms with Crippen molar-refractivity contribution in [1.29, 1.82) is 0 Å². The summed E-state index contributed by atoms with van der Waals surface area (Å²) in [7, 11) is 8.62. The van der Waals surface area contributed by atoms with E-state index in [4.69, 9.17) is 9.47 Å². The molecule has 0 aliphatic rings. The molecule has 19 nitrogen and oxygen atoms in total. The highest BCUT2D eigenvalue weighted by atomic mass is 79.9. The Morgan fingerprint density at radius 3 is 1.09 bits per heavy atom. The number of carbonyl (C=O) groups excluding carboxylic acids is 5. The Balaban J connectivity index is 0. The third kappa shape index (κ3) is 35.4. The van der Waals surface area contributed by atoms with Gasteiger partial charge in [-0.25, -0.2) is 16.8 Å². The van der Waals surface area contributed by atoms with Gasteiger partial charge in [0.1, 0.15) is 4.32 Å². The first-order valence-corrected chi connectivity index (χ1v) is 31.4. The first-order chi connectivity index (χ1) is 34.0. The largest absolute Gasteiger partial charge is 0.384 e. The summed E-state index contributed by atoms with van der Waals surface area (Å²) in [4.78, 5) is 73.5. The third-order valence-corrected chi connectivity index (χ3v) is 16.7. The van der Waals surface area contributed by atoms with Crippen molar-refractivity contribution in [2.24, 2.45) is 16.2 Å². The van der Waals surface area contributed by atoms with Crippen LogP contribution in [-0.2, 0) is 53.1 Å². The minimum absolute atomic E-state index is 0.00723. The van der Waals surface area contributed by atoms with Crippen molar-refractivity contribution in [3.8, 4) is 0 Å². The zero-order valence-corrected chi connectivity index (χ0v) is 53.1. The van der Waals surface area contributed by atoms with E-state index in [9.17, 15) is 40.8 Å². The van der Waals surface area contributed by atoms with Gasteiger partial charge in [0, 0.05) is 63.2 Å². The van der Waals surface area contributed by atoms with Crippen molar-refractivity contribution in [2.45, 2.75) is 134 Å². The number of alkyl halides is 2. The molecular formula is C51H102Br2N8O11S2. The van der Waals surface area contributed by atoms with Crippen molar-refractivity contribution in [3.63, 3.8) is 0 Å². The van der Waals surface area contributed by atoms with Gasteiger partial charge < -0.3 is 50.8 Å². The zero-order chi connectivity index (χ0) is 57.5. The summed E-state index contributed by atoms with van der Waals surface area (Å²) in [6.45, 7) is 17.6. The summed E-state index contributed by atoms with van der Waals surface area (Å²) < 4.78 is 55.2. The van der Waals surface area contributed by atoms with E-state index >= 15 is 0 Å². The molecule has 0 aromatic rings. The first kappa shape index (κ1) is 74.1. The Bertz CT molecular complexity index is 1870. The molecule has 0 aliphatic heterocycles. The first-order valence-electron chi connectivity index (χ1n) is 26.1. The number of carbonyl (C=O) groups is 5. The molecule has 0 saturated heterocycles. The summed E-state index contributed by atoms with van der Waals surface area (Å²) in [5, 5.41) is 15.0. The topological polar surface area (TPSA) is 242 Å². The molecule has 0 aliphatic carbocycles. The molecule has 5 N–H and O–H groups in total. The summed E-state index contributed by atoms with van der Waals surface area (Å²) in [5.74, 6) is -0.692. The normalized spacial score (nSPS) is 14.8. The summed E-state index contributed by atoms with van der Waals surface area (Å²) in [5.41, 5.74) is -3.39. The van der Waals surface area contributed by atoms with Crippen molar-refractivity contribution < 1.29 is 50.3 Å². The number of rotatable bonds is 41. The van der Waals surface area contributed by atoms with Crippen LogP contribution in [0.1, 0.15) is 126 Å². The quantitative estimate of drug-likeness (QED) is 0.0421. The zero-order valence-electron chi connectivity index (χ0n) is 48.3. The van der Waals surface area contributed by atoms with Gasteiger partial charge in [-0.1, -0.05) is 72.4 Å². The number of unbranched alkanes of at least 4 members (excludes halogenated alkanes) is 4. The van der Waals surface area contributed by atoms with E-state index in [0.717, 1.165) is 51.7 Å². The van der Waals surface area contributed by atoms with Gasteiger partial charge in [0.25, 0.3) is 0 Å². The third-order valence-electron chi connectivity index (χ3n) is 12.3. The van der Waals surface area contributed by atoms with Crippen LogP contribution >= 0.6 is 31.9 Å². The molecule has 0 fully saturated rings. The minimum Gasteiger partial charge on any atom is -0.384 e. The van der Waals surface area contributed by atoms with Crippen LogP contribution in [-0.4, -0.2) is 215 Å². The van der Waals surface area contributed by atoms with Crippen molar-refractivity contribution in [3.05, 3.63) is 0 Å². The fraction of sp³-hybridized carbons (Fsp3) is 0.902. The number of ether oxygens (including phenoxy) is 2. The Morgan fingerprint density at radius 1 is 0.419 bits per heavy atom. The highest BCUT2D eigenvalue weighted by Gasteiger charge is 2.51. The molecule has 0 saturated carbocycles. The van der Waals surface area contributed by atoms with Crippen LogP contribution in [0.4, 0.5) is 0 Å². The second-order valence-corrected chi connectivity index (χ2v) is 30.7. The van der Waals surface area contributed by atoms with Gasteiger partial charge >= 0.3 is 0 Å². The predicted octanol–water partition coefficient (Wildman–Crippen LogP) is 4.41. The molecule has 3 unspecified atom stereocenters. The molecule has 5 amide bonds. The number of hydrogen-bond acceptors (Lipinski definition) is 14. The molecule has 23 heteroatoms. The van der Waals surface area contributed by atoms with E-state index in [0.29, 0.717) is 58.4 Å². The van der Waals surface area contributed by atoms with E-state index in [1.165, 1.54) is 14.2 Å². The molecule has 0 spiro atoms. The van der Waals surface area contributed by atoms with Crippen LogP contribution in [0.3, 0.4) is 0 Å². The van der Waals surface area contributed by atoms with Crippen molar-refractivity contribution in [1.82, 2.24) is 41.3 Å². The number of nitrogens with zero attached hydrogens (tertiary/aromatic N) is 3. The highest BCUT2D eigenvalue weighted by Crippen LogP contribution is 2.47. The SMILES string of the molecule is COCCS(=O)(=O)CCCCCNC(=O)C(C)(C)Br.COCCS(=O)(=O)CCCCCNC(=O)C(C)(C)CC(C)(CC(C)(CC(C)(Br)C(=O)NCCCN(C)C)C(=O)NCCCN(C)C)C(=O)NCCCN(C)C. The molecule has 0 heterocycles. The van der Waals surface area contributed by atoms with E-state index in [1.54, 1.807) is 34.6 Å². The Kier molecular flexibility index (Phi) is 37.0. The summed E-state index contributed by atoms with van der Waals surface area (Å²) in [6.07, 6.45) is 6.50. The Hall–Kier alpha value is -1.99. The smallest absolute Gasteiger partial charge is 0.236 e. The van der Waals surface area contributed by atoms with E-state index in [2.05, 4.69) is 58.4 Å². The van der Waals surface area contributed by atoms with Crippen LogP contribution in [0.5, 0.6) is 0 Å². The summed E-state index contributed by atoms with van der Waals surface area (Å²) in [6, 6.07) is 0. The fourth-order valence-corrected chi connectivity index (χ4v) is 11.7. The molecule has 0 radical (unpaired) electrons.